The SMILES string of the molecule is CC.CCC1CCN(CC(=O)c2ccccc2)CC1.Cc1ccc(NC(C(=O)O)c2ccccc2)cc1. The van der Waals surface area contributed by atoms with E-state index in [-0.39, 0.29) is 5.78 Å². The Kier molecular flexibility index (Phi) is 13.1. The summed E-state index contributed by atoms with van der Waals surface area (Å²) >= 11 is 0. The van der Waals surface area contributed by atoms with Crippen molar-refractivity contribution in [3.05, 3.63) is 102 Å². The maximum Gasteiger partial charge on any atom is 0.330 e. The third-order valence-corrected chi connectivity index (χ3v) is 6.49. The number of carbonyl (C=O) groups excluding carboxylic acids is 1. The third-order valence-electron chi connectivity index (χ3n) is 6.49. The molecule has 1 saturated heterocycles. The van der Waals surface area contributed by atoms with Crippen LogP contribution in [-0.4, -0.2) is 41.4 Å². The number of piperidine rings is 1. The monoisotopic (exact) mass is 502 g/mol. The molecule has 5 heteroatoms. The van der Waals surface area contributed by atoms with Crippen LogP contribution in [0.25, 0.3) is 0 Å². The molecule has 4 rings (SSSR count). The van der Waals surface area contributed by atoms with Crippen LogP contribution in [0.1, 0.15) is 67.6 Å². The quantitative estimate of drug-likeness (QED) is 0.318. The summed E-state index contributed by atoms with van der Waals surface area (Å²) in [4.78, 5) is 25.6. The van der Waals surface area contributed by atoms with E-state index in [0.29, 0.717) is 6.54 Å². The Morgan fingerprint density at radius 1 is 0.892 bits per heavy atom. The lowest BCUT2D eigenvalue weighted by atomic mass is 9.94. The fourth-order valence-corrected chi connectivity index (χ4v) is 4.22. The van der Waals surface area contributed by atoms with E-state index in [1.807, 2.05) is 93.6 Å². The largest absolute Gasteiger partial charge is 0.479 e. The molecule has 0 saturated carbocycles. The van der Waals surface area contributed by atoms with Gasteiger partial charge in [0.1, 0.15) is 0 Å². The number of aliphatic carboxylic acids is 1. The number of carboxylic acid groups (broad SMARTS) is 1. The van der Waals surface area contributed by atoms with Crippen LogP contribution < -0.4 is 5.32 Å². The summed E-state index contributed by atoms with van der Waals surface area (Å²) in [7, 11) is 0. The average molecular weight is 503 g/mol. The molecule has 0 bridgehead atoms. The van der Waals surface area contributed by atoms with Crippen molar-refractivity contribution in [2.24, 2.45) is 5.92 Å². The van der Waals surface area contributed by atoms with Crippen molar-refractivity contribution in [3.8, 4) is 0 Å². The van der Waals surface area contributed by atoms with Crippen molar-refractivity contribution in [1.29, 1.82) is 0 Å². The molecule has 5 nitrogen and oxygen atoms in total. The fraction of sp³-hybridized carbons (Fsp3) is 0.375. The topological polar surface area (TPSA) is 69.6 Å². The first-order chi connectivity index (χ1) is 18.0. The maximum atomic E-state index is 12.0. The Labute approximate surface area is 222 Å². The highest BCUT2D eigenvalue weighted by Crippen LogP contribution is 2.21. The Morgan fingerprint density at radius 3 is 1.95 bits per heavy atom. The summed E-state index contributed by atoms with van der Waals surface area (Å²) in [6, 6.07) is 25.7. The number of benzene rings is 3. The minimum absolute atomic E-state index is 0.251. The normalized spacial score (nSPS) is 14.3. The van der Waals surface area contributed by atoms with Crippen LogP contribution in [0, 0.1) is 12.8 Å². The number of nitrogens with one attached hydrogen (secondary N) is 1. The van der Waals surface area contributed by atoms with Crippen LogP contribution in [0.2, 0.25) is 0 Å². The number of ketones is 1. The van der Waals surface area contributed by atoms with Crippen molar-refractivity contribution in [1.82, 2.24) is 4.90 Å². The zero-order valence-electron chi connectivity index (χ0n) is 22.7. The fourth-order valence-electron chi connectivity index (χ4n) is 4.22. The zero-order valence-corrected chi connectivity index (χ0v) is 22.7. The number of hydrogen-bond acceptors (Lipinski definition) is 4. The molecule has 3 aromatic rings. The second-order valence-corrected chi connectivity index (χ2v) is 9.11. The molecule has 0 amide bonds. The van der Waals surface area contributed by atoms with Gasteiger partial charge in [-0.25, -0.2) is 4.79 Å². The van der Waals surface area contributed by atoms with E-state index in [1.165, 1.54) is 19.3 Å². The van der Waals surface area contributed by atoms with E-state index in [1.54, 1.807) is 12.1 Å². The minimum atomic E-state index is -0.887. The molecule has 0 radical (unpaired) electrons. The van der Waals surface area contributed by atoms with Crippen LogP contribution >= 0.6 is 0 Å². The van der Waals surface area contributed by atoms with Gasteiger partial charge in [0, 0.05) is 11.3 Å². The summed E-state index contributed by atoms with van der Waals surface area (Å²) in [5.41, 5.74) is 3.53. The smallest absolute Gasteiger partial charge is 0.330 e. The first kappa shape index (κ1) is 29.8. The molecule has 198 valence electrons. The predicted octanol–water partition coefficient (Wildman–Crippen LogP) is 7.25. The van der Waals surface area contributed by atoms with E-state index in [4.69, 9.17) is 0 Å². The second kappa shape index (κ2) is 16.3. The van der Waals surface area contributed by atoms with Gasteiger partial charge in [-0.05, 0) is 56.5 Å². The molecule has 37 heavy (non-hydrogen) atoms. The number of aryl methyl sites for hydroxylation is 1. The van der Waals surface area contributed by atoms with E-state index in [0.717, 1.165) is 41.4 Å². The van der Waals surface area contributed by atoms with E-state index in [9.17, 15) is 14.7 Å². The molecule has 1 aliphatic heterocycles. The highest BCUT2D eigenvalue weighted by molar-refractivity contribution is 5.97. The number of hydrogen-bond donors (Lipinski definition) is 2. The number of anilines is 1. The van der Waals surface area contributed by atoms with Gasteiger partial charge in [0.15, 0.2) is 11.8 Å². The van der Waals surface area contributed by atoms with Gasteiger partial charge in [0.25, 0.3) is 0 Å². The van der Waals surface area contributed by atoms with Gasteiger partial charge in [0.2, 0.25) is 0 Å². The molecule has 1 atom stereocenters. The zero-order chi connectivity index (χ0) is 27.0. The third kappa shape index (κ3) is 10.2. The summed E-state index contributed by atoms with van der Waals surface area (Å²) in [6.45, 7) is 11.0. The van der Waals surface area contributed by atoms with Gasteiger partial charge in [-0.1, -0.05) is 106 Å². The first-order valence-electron chi connectivity index (χ1n) is 13.4. The molecule has 0 aromatic heterocycles. The van der Waals surface area contributed by atoms with E-state index >= 15 is 0 Å². The average Bonchev–Trinajstić information content (AvgIpc) is 2.95. The summed E-state index contributed by atoms with van der Waals surface area (Å²) in [5.74, 6) is 0.236. The lowest BCUT2D eigenvalue weighted by Gasteiger charge is -2.30. The van der Waals surface area contributed by atoms with Gasteiger partial charge < -0.3 is 10.4 Å². The molecule has 1 fully saturated rings. The van der Waals surface area contributed by atoms with Crippen LogP contribution in [0.15, 0.2) is 84.9 Å². The summed E-state index contributed by atoms with van der Waals surface area (Å²) < 4.78 is 0. The van der Waals surface area contributed by atoms with Crippen LogP contribution in [-0.2, 0) is 4.79 Å². The number of nitrogens with zero attached hydrogens (tertiary/aromatic N) is 1. The van der Waals surface area contributed by atoms with Crippen molar-refractivity contribution in [3.63, 3.8) is 0 Å². The molecule has 0 spiro atoms. The lowest BCUT2D eigenvalue weighted by molar-refractivity contribution is -0.138. The van der Waals surface area contributed by atoms with Gasteiger partial charge in [-0.3, -0.25) is 9.69 Å². The number of Topliss-reactive ketones (excluding diaryl/α,β-unsaturated/α-hetero) is 1. The summed E-state index contributed by atoms with van der Waals surface area (Å²) in [6.07, 6.45) is 3.78. The molecule has 1 unspecified atom stereocenters. The Balaban J connectivity index is 0.000000244. The number of likely N-dealkylation sites (tertiary alicyclic amines) is 1. The molecule has 3 aromatic carbocycles. The summed E-state index contributed by atoms with van der Waals surface area (Å²) in [5, 5.41) is 12.3. The lowest BCUT2D eigenvalue weighted by Crippen LogP contribution is -2.37. The molecular weight excluding hydrogens is 460 g/mol. The highest BCUT2D eigenvalue weighted by atomic mass is 16.4. The molecule has 0 aliphatic carbocycles. The van der Waals surface area contributed by atoms with Crippen LogP contribution in [0.4, 0.5) is 5.69 Å². The number of carbonyl (C=O) groups is 2. The highest BCUT2D eigenvalue weighted by Gasteiger charge is 2.20. The minimum Gasteiger partial charge on any atom is -0.479 e. The van der Waals surface area contributed by atoms with Gasteiger partial charge in [-0.15, -0.1) is 0 Å². The predicted molar refractivity (Wildman–Crippen MR) is 153 cm³/mol. The Hall–Kier alpha value is -3.44. The van der Waals surface area contributed by atoms with E-state index < -0.39 is 12.0 Å². The second-order valence-electron chi connectivity index (χ2n) is 9.11. The van der Waals surface area contributed by atoms with E-state index in [2.05, 4.69) is 17.1 Å². The molecular formula is C32H42N2O3. The maximum absolute atomic E-state index is 12.0. The first-order valence-corrected chi connectivity index (χ1v) is 13.4. The van der Waals surface area contributed by atoms with Gasteiger partial charge in [0.05, 0.1) is 6.54 Å². The number of rotatable bonds is 8. The molecule has 2 N–H and O–H groups in total. The van der Waals surface area contributed by atoms with Crippen LogP contribution in [0.3, 0.4) is 0 Å². The standard InChI is InChI=1S/C15H15NO2.C15H21NO.C2H6/c1-11-7-9-13(10-8-11)16-14(15(17)18)12-5-3-2-4-6-12;1-2-13-8-10-16(11-9-13)12-15(17)14-6-4-3-5-7-14;1-2/h2-10,14,16H,1H3,(H,17,18);3-7,13H,2,8-12H2,1H3;1-2H3. The Bertz CT molecular complexity index is 1040. The van der Waals surface area contributed by atoms with Crippen molar-refractivity contribution in [2.75, 3.05) is 25.0 Å². The van der Waals surface area contributed by atoms with Crippen molar-refractivity contribution >= 4 is 17.4 Å². The Morgan fingerprint density at radius 2 is 1.43 bits per heavy atom. The van der Waals surface area contributed by atoms with Crippen LogP contribution in [0.5, 0.6) is 0 Å². The molecule has 1 heterocycles. The van der Waals surface area contributed by atoms with Crippen molar-refractivity contribution in [2.45, 2.75) is 53.0 Å². The van der Waals surface area contributed by atoms with Gasteiger partial charge in [-0.2, -0.15) is 0 Å². The molecule has 1 aliphatic rings. The van der Waals surface area contributed by atoms with Gasteiger partial charge >= 0.3 is 5.97 Å². The number of carboxylic acids is 1. The van der Waals surface area contributed by atoms with Crippen molar-refractivity contribution < 1.29 is 14.7 Å².